The van der Waals surface area contributed by atoms with E-state index in [1.807, 2.05) is 0 Å². The number of aliphatic imine (C=N–C) groups is 1. The number of thiocarbonyl (C=S) groups is 1. The van der Waals surface area contributed by atoms with Crippen molar-refractivity contribution >= 4 is 56.7 Å². The highest BCUT2D eigenvalue weighted by molar-refractivity contribution is 14.1. The second-order valence-corrected chi connectivity index (χ2v) is 6.18. The molecule has 0 atom stereocenters. The molecule has 5 heteroatoms. The summed E-state index contributed by atoms with van der Waals surface area (Å²) in [6.45, 7) is 1.80. The first-order valence-corrected chi connectivity index (χ1v) is 6.90. The lowest BCUT2D eigenvalue weighted by molar-refractivity contribution is 0.685. The quantitative estimate of drug-likeness (QED) is 0.531. The van der Waals surface area contributed by atoms with E-state index in [1.165, 1.54) is 14.0 Å². The van der Waals surface area contributed by atoms with Crippen LogP contribution in [0.5, 0.6) is 0 Å². The molecule has 15 heavy (non-hydrogen) atoms. The van der Waals surface area contributed by atoms with Crippen LogP contribution < -0.4 is 0 Å². The molecule has 0 aromatic heterocycles. The van der Waals surface area contributed by atoms with Gasteiger partial charge in [0.1, 0.15) is 10.2 Å². The highest BCUT2D eigenvalue weighted by Crippen LogP contribution is 2.36. The van der Waals surface area contributed by atoms with Crippen LogP contribution in [0.1, 0.15) is 5.56 Å². The van der Waals surface area contributed by atoms with Gasteiger partial charge in [-0.15, -0.1) is 0 Å². The van der Waals surface area contributed by atoms with Crippen LogP contribution in [0.4, 0.5) is 0 Å². The van der Waals surface area contributed by atoms with E-state index >= 15 is 0 Å². The zero-order valence-corrected chi connectivity index (χ0v) is 11.5. The average molecular weight is 346 g/mol. The molecule has 2 aliphatic heterocycles. The van der Waals surface area contributed by atoms with Crippen LogP contribution in [0.25, 0.3) is 0 Å². The first-order chi connectivity index (χ1) is 7.27. The van der Waals surface area contributed by atoms with E-state index in [2.05, 4.69) is 50.7 Å². The molecule has 0 radical (unpaired) electrons. The fraction of sp³-hybridized carbons (Fsp3) is 0.200. The molecule has 0 aliphatic carbocycles. The Morgan fingerprint density at radius 3 is 3.20 bits per heavy atom. The average Bonchev–Trinajstić information content (AvgIpc) is 2.66. The summed E-state index contributed by atoms with van der Waals surface area (Å²) >= 11 is 9.41. The number of rotatable bonds is 0. The maximum Gasteiger partial charge on any atom is 0.146 e. The SMILES string of the molecule is S=C1Sc2cccc(I)c2C2=NCCN12. The van der Waals surface area contributed by atoms with Gasteiger partial charge in [-0.25, -0.2) is 0 Å². The molecule has 76 valence electrons. The number of nitrogens with zero attached hydrogens (tertiary/aromatic N) is 2. The van der Waals surface area contributed by atoms with E-state index in [0.717, 1.165) is 23.2 Å². The van der Waals surface area contributed by atoms with Crippen molar-refractivity contribution in [2.24, 2.45) is 4.99 Å². The zero-order chi connectivity index (χ0) is 10.4. The predicted octanol–water partition coefficient (Wildman–Crippen LogP) is 2.74. The van der Waals surface area contributed by atoms with Crippen molar-refractivity contribution in [2.45, 2.75) is 4.90 Å². The van der Waals surface area contributed by atoms with Crippen molar-refractivity contribution in [3.63, 3.8) is 0 Å². The van der Waals surface area contributed by atoms with Crippen LogP contribution in [-0.2, 0) is 0 Å². The molecule has 0 saturated heterocycles. The maximum absolute atomic E-state index is 5.37. The molecule has 0 saturated carbocycles. The Hall–Kier alpha value is -0.140. The fourth-order valence-electron chi connectivity index (χ4n) is 1.79. The van der Waals surface area contributed by atoms with Crippen LogP contribution in [0.15, 0.2) is 28.1 Å². The molecule has 0 N–H and O–H groups in total. The van der Waals surface area contributed by atoms with Crippen molar-refractivity contribution < 1.29 is 0 Å². The van der Waals surface area contributed by atoms with Gasteiger partial charge < -0.3 is 4.90 Å². The van der Waals surface area contributed by atoms with Gasteiger partial charge in [0.15, 0.2) is 0 Å². The Morgan fingerprint density at radius 2 is 2.33 bits per heavy atom. The molecule has 2 heterocycles. The third kappa shape index (κ3) is 1.52. The van der Waals surface area contributed by atoms with Crippen molar-refractivity contribution in [1.29, 1.82) is 0 Å². The lowest BCUT2D eigenvalue weighted by atomic mass is 10.2. The van der Waals surface area contributed by atoms with Crippen molar-refractivity contribution in [3.05, 3.63) is 27.3 Å². The Labute approximate surface area is 111 Å². The molecule has 1 aromatic carbocycles. The van der Waals surface area contributed by atoms with Gasteiger partial charge in [0.05, 0.1) is 6.54 Å². The van der Waals surface area contributed by atoms with E-state index in [9.17, 15) is 0 Å². The number of halogens is 1. The summed E-state index contributed by atoms with van der Waals surface area (Å²) in [5.74, 6) is 1.07. The standard InChI is InChI=1S/C10H7IN2S2/c11-6-2-1-3-7-8(6)9-12-4-5-13(9)10(14)15-7/h1-3H,4-5H2. The second-order valence-electron chi connectivity index (χ2n) is 3.34. The van der Waals surface area contributed by atoms with Gasteiger partial charge in [0, 0.05) is 20.6 Å². The number of thioether (sulfide) groups is 1. The molecule has 2 nitrogen and oxygen atoms in total. The maximum atomic E-state index is 5.37. The summed E-state index contributed by atoms with van der Waals surface area (Å²) in [5, 5.41) is 0. The van der Waals surface area contributed by atoms with Gasteiger partial charge in [-0.2, -0.15) is 0 Å². The van der Waals surface area contributed by atoms with E-state index in [0.29, 0.717) is 0 Å². The molecule has 0 spiro atoms. The van der Waals surface area contributed by atoms with Gasteiger partial charge in [-0.3, -0.25) is 4.99 Å². The summed E-state index contributed by atoms with van der Waals surface area (Å²) in [4.78, 5) is 7.93. The summed E-state index contributed by atoms with van der Waals surface area (Å²) in [6.07, 6.45) is 0. The first kappa shape index (κ1) is 10.0. The number of benzene rings is 1. The van der Waals surface area contributed by atoms with Crippen LogP contribution >= 0.6 is 46.6 Å². The lowest BCUT2D eigenvalue weighted by Gasteiger charge is -2.27. The monoisotopic (exact) mass is 346 g/mol. The number of hydrogen-bond acceptors (Lipinski definition) is 3. The molecule has 0 amide bonds. The summed E-state index contributed by atoms with van der Waals surface area (Å²) in [7, 11) is 0. The van der Waals surface area contributed by atoms with Crippen molar-refractivity contribution in [1.82, 2.24) is 4.90 Å². The highest BCUT2D eigenvalue weighted by Gasteiger charge is 2.31. The summed E-state index contributed by atoms with van der Waals surface area (Å²) < 4.78 is 2.19. The molecule has 0 fully saturated rings. The normalized spacial score (nSPS) is 18.6. The molecule has 0 bridgehead atoms. The molecular weight excluding hydrogens is 339 g/mol. The third-order valence-corrected chi connectivity index (χ3v) is 4.78. The van der Waals surface area contributed by atoms with Crippen LogP contribution in [0.2, 0.25) is 0 Å². The smallest absolute Gasteiger partial charge is 0.146 e. The molecule has 2 aliphatic rings. The fourth-order valence-corrected chi connectivity index (χ4v) is 4.09. The van der Waals surface area contributed by atoms with Gasteiger partial charge in [-0.05, 0) is 34.7 Å². The Balaban J connectivity index is 2.25. The Morgan fingerprint density at radius 1 is 1.47 bits per heavy atom. The second kappa shape index (κ2) is 3.71. The topological polar surface area (TPSA) is 15.6 Å². The van der Waals surface area contributed by atoms with Gasteiger partial charge in [0.2, 0.25) is 0 Å². The summed E-state index contributed by atoms with van der Waals surface area (Å²) in [6, 6.07) is 6.31. The lowest BCUT2D eigenvalue weighted by Crippen LogP contribution is -2.35. The van der Waals surface area contributed by atoms with E-state index < -0.39 is 0 Å². The van der Waals surface area contributed by atoms with Gasteiger partial charge >= 0.3 is 0 Å². The molecule has 3 rings (SSSR count). The highest BCUT2D eigenvalue weighted by atomic mass is 127. The summed E-state index contributed by atoms with van der Waals surface area (Å²) in [5.41, 5.74) is 1.26. The van der Waals surface area contributed by atoms with Gasteiger partial charge in [-0.1, -0.05) is 30.0 Å². The largest absolute Gasteiger partial charge is 0.310 e. The molecule has 0 unspecified atom stereocenters. The number of hydrogen-bond donors (Lipinski definition) is 0. The van der Waals surface area contributed by atoms with Crippen LogP contribution in [-0.4, -0.2) is 28.1 Å². The van der Waals surface area contributed by atoms with Crippen molar-refractivity contribution in [3.8, 4) is 0 Å². The number of amidine groups is 1. The zero-order valence-electron chi connectivity index (χ0n) is 7.74. The minimum atomic E-state index is 0.862. The third-order valence-electron chi connectivity index (χ3n) is 2.46. The van der Waals surface area contributed by atoms with Crippen LogP contribution in [0, 0.1) is 3.57 Å². The minimum absolute atomic E-state index is 0.862. The Bertz CT molecular complexity index is 484. The van der Waals surface area contributed by atoms with E-state index in [1.54, 1.807) is 11.8 Å². The van der Waals surface area contributed by atoms with E-state index in [4.69, 9.17) is 12.2 Å². The molecular formula is C10H7IN2S2. The Kier molecular flexibility index (Phi) is 2.48. The van der Waals surface area contributed by atoms with Gasteiger partial charge in [0.25, 0.3) is 0 Å². The molecule has 1 aromatic rings. The van der Waals surface area contributed by atoms with Crippen molar-refractivity contribution in [2.75, 3.05) is 13.1 Å². The predicted molar refractivity (Wildman–Crippen MR) is 75.7 cm³/mol. The number of fused-ring (bicyclic) bond motifs is 3. The van der Waals surface area contributed by atoms with Crippen LogP contribution in [0.3, 0.4) is 0 Å². The first-order valence-electron chi connectivity index (χ1n) is 4.60. The van der Waals surface area contributed by atoms with E-state index in [-0.39, 0.29) is 0 Å². The minimum Gasteiger partial charge on any atom is -0.310 e.